The van der Waals surface area contributed by atoms with E-state index >= 15 is 0 Å². The van der Waals surface area contributed by atoms with Gasteiger partial charge < -0.3 is 5.32 Å². The van der Waals surface area contributed by atoms with Crippen LogP contribution in [0.3, 0.4) is 0 Å². The van der Waals surface area contributed by atoms with Gasteiger partial charge in [0.05, 0.1) is 29.3 Å². The Morgan fingerprint density at radius 2 is 1.83 bits per heavy atom. The van der Waals surface area contributed by atoms with Gasteiger partial charge in [0.1, 0.15) is 12.4 Å². The molecule has 0 unspecified atom stereocenters. The monoisotopic (exact) mass is 347 g/mol. The molecule has 0 spiro atoms. The van der Waals surface area contributed by atoms with Crippen LogP contribution in [0.5, 0.6) is 0 Å². The van der Waals surface area contributed by atoms with Crippen molar-refractivity contribution in [3.63, 3.8) is 0 Å². The van der Waals surface area contributed by atoms with Crippen molar-refractivity contribution < 1.29 is 17.6 Å². The highest BCUT2D eigenvalue weighted by molar-refractivity contribution is 7.92. The number of halogens is 1. The number of nitrogens with zero attached hydrogens (tertiary/aromatic N) is 2. The molecular formula is C16H14FN3O3S. The minimum absolute atomic E-state index is 0.0317. The summed E-state index contributed by atoms with van der Waals surface area (Å²) in [7, 11) is -3.74. The van der Waals surface area contributed by atoms with E-state index in [4.69, 9.17) is 5.26 Å². The van der Waals surface area contributed by atoms with E-state index in [9.17, 15) is 17.6 Å². The van der Waals surface area contributed by atoms with Crippen LogP contribution in [0.2, 0.25) is 0 Å². The van der Waals surface area contributed by atoms with Crippen molar-refractivity contribution in [2.45, 2.75) is 0 Å². The molecule has 2 aromatic rings. The van der Waals surface area contributed by atoms with Crippen molar-refractivity contribution >= 4 is 27.3 Å². The molecule has 24 heavy (non-hydrogen) atoms. The fourth-order valence-corrected chi connectivity index (χ4v) is 2.84. The van der Waals surface area contributed by atoms with E-state index in [0.717, 1.165) is 10.6 Å². The van der Waals surface area contributed by atoms with Gasteiger partial charge in [0.2, 0.25) is 15.9 Å². The normalized spacial score (nSPS) is 10.7. The van der Waals surface area contributed by atoms with E-state index in [0.29, 0.717) is 5.56 Å². The third-order valence-corrected chi connectivity index (χ3v) is 4.26. The van der Waals surface area contributed by atoms with Gasteiger partial charge >= 0.3 is 0 Å². The SMILES string of the molecule is CS(=O)(=O)N(CC(=O)Nc1ccccc1F)c1ccc(C#N)cc1. The summed E-state index contributed by atoms with van der Waals surface area (Å²) in [6.45, 7) is -0.515. The van der Waals surface area contributed by atoms with Crippen molar-refractivity contribution in [2.24, 2.45) is 0 Å². The van der Waals surface area contributed by atoms with Crippen LogP contribution in [0, 0.1) is 17.1 Å². The molecule has 124 valence electrons. The highest BCUT2D eigenvalue weighted by Crippen LogP contribution is 2.19. The smallest absolute Gasteiger partial charge is 0.245 e. The first-order valence-electron chi connectivity index (χ1n) is 6.83. The zero-order chi connectivity index (χ0) is 17.7. The van der Waals surface area contributed by atoms with Crippen LogP contribution in [0.15, 0.2) is 48.5 Å². The number of amides is 1. The van der Waals surface area contributed by atoms with E-state index in [1.807, 2.05) is 6.07 Å². The van der Waals surface area contributed by atoms with E-state index in [1.54, 1.807) is 6.07 Å². The van der Waals surface area contributed by atoms with Crippen molar-refractivity contribution in [2.75, 3.05) is 22.4 Å². The molecule has 0 saturated heterocycles. The highest BCUT2D eigenvalue weighted by Gasteiger charge is 2.21. The van der Waals surface area contributed by atoms with Crippen LogP contribution in [0.1, 0.15) is 5.56 Å². The van der Waals surface area contributed by atoms with Gasteiger partial charge in [-0.3, -0.25) is 9.10 Å². The summed E-state index contributed by atoms with van der Waals surface area (Å²) in [5.41, 5.74) is 0.568. The van der Waals surface area contributed by atoms with Gasteiger partial charge in [-0.05, 0) is 36.4 Å². The maximum atomic E-state index is 13.6. The Hall–Kier alpha value is -2.92. The van der Waals surface area contributed by atoms with Gasteiger partial charge in [0.15, 0.2) is 0 Å². The molecule has 1 amide bonds. The lowest BCUT2D eigenvalue weighted by Crippen LogP contribution is -2.37. The maximum Gasteiger partial charge on any atom is 0.245 e. The number of nitrogens with one attached hydrogen (secondary N) is 1. The number of benzene rings is 2. The summed E-state index contributed by atoms with van der Waals surface area (Å²) < 4.78 is 38.3. The van der Waals surface area contributed by atoms with Crippen LogP contribution in [0.4, 0.5) is 15.8 Å². The average Bonchev–Trinajstić information content (AvgIpc) is 2.54. The van der Waals surface area contributed by atoms with Gasteiger partial charge in [-0.1, -0.05) is 12.1 Å². The molecule has 0 heterocycles. The van der Waals surface area contributed by atoms with E-state index < -0.39 is 28.3 Å². The summed E-state index contributed by atoms with van der Waals surface area (Å²) in [5, 5.41) is 11.1. The van der Waals surface area contributed by atoms with Crippen molar-refractivity contribution in [1.29, 1.82) is 5.26 Å². The van der Waals surface area contributed by atoms with E-state index in [1.165, 1.54) is 42.5 Å². The lowest BCUT2D eigenvalue weighted by Gasteiger charge is -2.22. The van der Waals surface area contributed by atoms with Gasteiger partial charge in [-0.2, -0.15) is 5.26 Å². The number of rotatable bonds is 5. The number of nitriles is 1. The molecule has 0 aliphatic heterocycles. The zero-order valence-corrected chi connectivity index (χ0v) is 13.5. The lowest BCUT2D eigenvalue weighted by molar-refractivity contribution is -0.114. The summed E-state index contributed by atoms with van der Waals surface area (Å²) in [6, 6.07) is 13.3. The number of carbonyl (C=O) groups is 1. The van der Waals surface area contributed by atoms with Crippen LogP contribution < -0.4 is 9.62 Å². The molecule has 0 fully saturated rings. The molecule has 0 bridgehead atoms. The topological polar surface area (TPSA) is 90.3 Å². The molecule has 1 N–H and O–H groups in total. The molecule has 2 aromatic carbocycles. The highest BCUT2D eigenvalue weighted by atomic mass is 32.2. The van der Waals surface area contributed by atoms with Gasteiger partial charge in [0, 0.05) is 0 Å². The Kier molecular flexibility index (Phi) is 5.16. The van der Waals surface area contributed by atoms with Crippen LogP contribution in [-0.4, -0.2) is 27.1 Å². The fourth-order valence-electron chi connectivity index (χ4n) is 1.98. The molecule has 0 aromatic heterocycles. The first-order chi connectivity index (χ1) is 11.3. The molecular weight excluding hydrogens is 333 g/mol. The second-order valence-corrected chi connectivity index (χ2v) is 6.86. The molecule has 0 atom stereocenters. The number of anilines is 2. The molecule has 0 aliphatic rings. The quantitative estimate of drug-likeness (QED) is 0.897. The van der Waals surface area contributed by atoms with Crippen LogP contribution in [-0.2, 0) is 14.8 Å². The Balaban J connectivity index is 2.22. The van der Waals surface area contributed by atoms with E-state index in [-0.39, 0.29) is 11.4 Å². The Bertz CT molecular complexity index is 890. The van der Waals surface area contributed by atoms with Crippen molar-refractivity contribution in [3.05, 3.63) is 59.9 Å². The molecule has 0 aliphatic carbocycles. The predicted molar refractivity (Wildman–Crippen MR) is 88.4 cm³/mol. The van der Waals surface area contributed by atoms with Gasteiger partial charge in [0.25, 0.3) is 0 Å². The summed E-state index contributed by atoms with van der Waals surface area (Å²) in [6.07, 6.45) is 0.960. The summed E-state index contributed by atoms with van der Waals surface area (Å²) in [5.74, 6) is -1.30. The third kappa shape index (κ3) is 4.30. The minimum Gasteiger partial charge on any atom is -0.322 e. The van der Waals surface area contributed by atoms with Crippen LogP contribution >= 0.6 is 0 Å². The first kappa shape index (κ1) is 17.4. The molecule has 2 rings (SSSR count). The summed E-state index contributed by atoms with van der Waals surface area (Å²) in [4.78, 5) is 12.1. The Labute approximate surface area is 139 Å². The fraction of sp³-hybridized carbons (Fsp3) is 0.125. The number of hydrogen-bond acceptors (Lipinski definition) is 4. The van der Waals surface area contributed by atoms with Crippen molar-refractivity contribution in [3.8, 4) is 6.07 Å². The van der Waals surface area contributed by atoms with Gasteiger partial charge in [-0.15, -0.1) is 0 Å². The Morgan fingerprint density at radius 1 is 1.21 bits per heavy atom. The number of sulfonamides is 1. The lowest BCUT2D eigenvalue weighted by atomic mass is 10.2. The molecule has 0 radical (unpaired) electrons. The number of para-hydroxylation sites is 1. The summed E-state index contributed by atoms with van der Waals surface area (Å²) >= 11 is 0. The molecule has 6 nitrogen and oxygen atoms in total. The first-order valence-corrected chi connectivity index (χ1v) is 8.68. The van der Waals surface area contributed by atoms with Crippen molar-refractivity contribution in [1.82, 2.24) is 0 Å². The zero-order valence-electron chi connectivity index (χ0n) is 12.7. The molecule has 0 saturated carbocycles. The number of hydrogen-bond donors (Lipinski definition) is 1. The molecule has 8 heteroatoms. The van der Waals surface area contributed by atoms with Crippen LogP contribution in [0.25, 0.3) is 0 Å². The van der Waals surface area contributed by atoms with Gasteiger partial charge in [-0.25, -0.2) is 12.8 Å². The van der Waals surface area contributed by atoms with E-state index in [2.05, 4.69) is 5.32 Å². The standard InChI is InChI=1S/C16H14FN3O3S/c1-24(22,23)20(13-8-6-12(10-18)7-9-13)11-16(21)19-15-5-3-2-4-14(15)17/h2-9H,11H2,1H3,(H,19,21). The maximum absolute atomic E-state index is 13.6. The second-order valence-electron chi connectivity index (χ2n) is 4.96. The largest absolute Gasteiger partial charge is 0.322 e. The predicted octanol–water partition coefficient (Wildman–Crippen LogP) is 2.10. The second kappa shape index (κ2) is 7.10. The number of carbonyl (C=O) groups excluding carboxylic acids is 1. The average molecular weight is 347 g/mol. The Morgan fingerprint density at radius 3 is 2.38 bits per heavy atom. The minimum atomic E-state index is -3.74. The third-order valence-electron chi connectivity index (χ3n) is 3.12.